The van der Waals surface area contributed by atoms with Crippen LogP contribution in [0.3, 0.4) is 0 Å². The highest BCUT2D eigenvalue weighted by Crippen LogP contribution is 2.25. The van der Waals surface area contributed by atoms with Crippen LogP contribution in [-0.2, 0) is 9.53 Å². The minimum Gasteiger partial charge on any atom is -0.425 e. The van der Waals surface area contributed by atoms with Gasteiger partial charge in [0.2, 0.25) is 0 Å². The lowest BCUT2D eigenvalue weighted by molar-refractivity contribution is -0.124. The van der Waals surface area contributed by atoms with Crippen molar-refractivity contribution in [2.45, 2.75) is 6.23 Å². The Hall–Kier alpha value is -4.19. The third-order valence-electron chi connectivity index (χ3n) is 4.93. The zero-order chi connectivity index (χ0) is 20.5. The number of benzene rings is 3. The van der Waals surface area contributed by atoms with E-state index in [0.29, 0.717) is 11.4 Å². The van der Waals surface area contributed by atoms with Gasteiger partial charge in [-0.3, -0.25) is 4.79 Å². The molecule has 1 amide bonds. The van der Waals surface area contributed by atoms with Crippen molar-refractivity contribution in [1.82, 2.24) is 4.98 Å². The van der Waals surface area contributed by atoms with Crippen LogP contribution in [0.1, 0.15) is 21.6 Å². The molecule has 6 nitrogen and oxygen atoms in total. The molecule has 2 heterocycles. The quantitative estimate of drug-likeness (QED) is 0.512. The van der Waals surface area contributed by atoms with Crippen LogP contribution in [0, 0.1) is 0 Å². The number of aromatic amines is 1. The number of para-hydroxylation sites is 2. The molecule has 1 aromatic heterocycles. The van der Waals surface area contributed by atoms with Crippen molar-refractivity contribution in [3.8, 4) is 0 Å². The summed E-state index contributed by atoms with van der Waals surface area (Å²) in [5.74, 6) is -1.15. The number of benzodiazepines with no additional fused rings is 1. The number of amides is 1. The summed E-state index contributed by atoms with van der Waals surface area (Å²) in [7, 11) is 0. The number of nitrogens with one attached hydrogen (secondary N) is 2. The minimum absolute atomic E-state index is 0.266. The Morgan fingerprint density at radius 1 is 0.900 bits per heavy atom. The Balaban J connectivity index is 1.52. The second kappa shape index (κ2) is 7.33. The first-order valence-corrected chi connectivity index (χ1v) is 9.51. The molecule has 2 N–H and O–H groups in total. The Morgan fingerprint density at radius 2 is 1.63 bits per heavy atom. The van der Waals surface area contributed by atoms with Crippen LogP contribution in [-0.4, -0.2) is 28.8 Å². The van der Waals surface area contributed by atoms with Gasteiger partial charge in [0.1, 0.15) is 5.69 Å². The predicted octanol–water partition coefficient (Wildman–Crippen LogP) is 4.14. The number of carbonyl (C=O) groups is 2. The normalized spacial score (nSPS) is 15.7. The third-order valence-corrected chi connectivity index (χ3v) is 4.93. The summed E-state index contributed by atoms with van der Waals surface area (Å²) in [5, 5.41) is 3.70. The lowest BCUT2D eigenvalue weighted by atomic mass is 10.0. The fourth-order valence-electron chi connectivity index (χ4n) is 3.49. The number of carbonyl (C=O) groups excluding carboxylic acids is 2. The van der Waals surface area contributed by atoms with E-state index in [2.05, 4.69) is 15.3 Å². The van der Waals surface area contributed by atoms with Gasteiger partial charge in [0, 0.05) is 22.0 Å². The van der Waals surface area contributed by atoms with Crippen LogP contribution in [0.2, 0.25) is 0 Å². The topological polar surface area (TPSA) is 83.5 Å². The molecule has 0 saturated carbocycles. The summed E-state index contributed by atoms with van der Waals surface area (Å²) in [6.07, 6.45) is -1.31. The minimum atomic E-state index is -1.31. The first-order chi connectivity index (χ1) is 14.7. The smallest absolute Gasteiger partial charge is 0.357 e. The molecule has 1 atom stereocenters. The number of esters is 1. The highest BCUT2D eigenvalue weighted by molar-refractivity contribution is 6.19. The van der Waals surface area contributed by atoms with E-state index < -0.39 is 18.1 Å². The van der Waals surface area contributed by atoms with Gasteiger partial charge in [-0.15, -0.1) is 0 Å². The highest BCUT2D eigenvalue weighted by Gasteiger charge is 2.29. The van der Waals surface area contributed by atoms with Crippen LogP contribution in [0.4, 0.5) is 5.69 Å². The number of aliphatic imine (C=N–C) groups is 1. The van der Waals surface area contributed by atoms with E-state index in [9.17, 15) is 9.59 Å². The number of anilines is 1. The molecule has 1 aliphatic rings. The van der Waals surface area contributed by atoms with E-state index in [4.69, 9.17) is 4.74 Å². The van der Waals surface area contributed by atoms with Crippen molar-refractivity contribution in [2.24, 2.45) is 4.99 Å². The molecule has 0 bridgehead atoms. The predicted molar refractivity (Wildman–Crippen MR) is 115 cm³/mol. The van der Waals surface area contributed by atoms with Gasteiger partial charge in [0.05, 0.1) is 11.4 Å². The summed E-state index contributed by atoms with van der Waals surface area (Å²) in [5.41, 5.74) is 3.88. The van der Waals surface area contributed by atoms with Crippen molar-refractivity contribution in [3.05, 3.63) is 102 Å². The van der Waals surface area contributed by atoms with Gasteiger partial charge in [-0.2, -0.15) is 0 Å². The number of aromatic nitrogens is 1. The maximum Gasteiger partial charge on any atom is 0.357 e. The summed E-state index contributed by atoms with van der Waals surface area (Å²) < 4.78 is 5.51. The Labute approximate surface area is 172 Å². The number of nitrogens with zero attached hydrogens (tertiary/aromatic N) is 1. The highest BCUT2D eigenvalue weighted by atomic mass is 16.6. The molecule has 6 heteroatoms. The van der Waals surface area contributed by atoms with Crippen LogP contribution in [0.15, 0.2) is 89.9 Å². The number of ether oxygens (including phenoxy) is 1. The van der Waals surface area contributed by atoms with Crippen molar-refractivity contribution in [2.75, 3.05) is 5.32 Å². The lowest BCUT2D eigenvalue weighted by Gasteiger charge is -2.12. The van der Waals surface area contributed by atoms with E-state index in [1.54, 1.807) is 12.1 Å². The van der Waals surface area contributed by atoms with E-state index in [0.717, 1.165) is 22.0 Å². The van der Waals surface area contributed by atoms with Crippen LogP contribution < -0.4 is 5.32 Å². The van der Waals surface area contributed by atoms with Crippen LogP contribution >= 0.6 is 0 Å². The maximum absolute atomic E-state index is 12.8. The summed E-state index contributed by atoms with van der Waals surface area (Å²) in [4.78, 5) is 33.1. The molecule has 146 valence electrons. The lowest BCUT2D eigenvalue weighted by Crippen LogP contribution is -2.30. The van der Waals surface area contributed by atoms with Gasteiger partial charge in [-0.05, 0) is 18.2 Å². The third kappa shape index (κ3) is 3.24. The molecule has 4 aromatic rings. The maximum atomic E-state index is 12.8. The van der Waals surface area contributed by atoms with Gasteiger partial charge in [-0.1, -0.05) is 66.7 Å². The average molecular weight is 395 g/mol. The van der Waals surface area contributed by atoms with Gasteiger partial charge >= 0.3 is 5.97 Å². The number of fused-ring (bicyclic) bond motifs is 2. The molecule has 0 spiro atoms. The molecule has 30 heavy (non-hydrogen) atoms. The monoisotopic (exact) mass is 395 g/mol. The summed E-state index contributed by atoms with van der Waals surface area (Å²) in [6.45, 7) is 0. The largest absolute Gasteiger partial charge is 0.425 e. The molecule has 1 aliphatic heterocycles. The Kier molecular flexibility index (Phi) is 4.37. The Morgan fingerprint density at radius 3 is 2.47 bits per heavy atom. The molecule has 0 saturated heterocycles. The zero-order valence-electron chi connectivity index (χ0n) is 15.8. The number of hydrogen-bond acceptors (Lipinski definition) is 4. The molecular weight excluding hydrogens is 378 g/mol. The van der Waals surface area contributed by atoms with Gasteiger partial charge < -0.3 is 15.0 Å². The molecule has 0 aliphatic carbocycles. The summed E-state index contributed by atoms with van der Waals surface area (Å²) in [6, 6.07) is 26.1. The Bertz CT molecular complexity index is 1260. The molecule has 5 rings (SSSR count). The second-order valence-electron chi connectivity index (χ2n) is 6.91. The first kappa shape index (κ1) is 17.9. The van der Waals surface area contributed by atoms with Gasteiger partial charge in [-0.25, -0.2) is 9.79 Å². The van der Waals surface area contributed by atoms with Gasteiger partial charge in [0.15, 0.2) is 0 Å². The number of rotatable bonds is 3. The van der Waals surface area contributed by atoms with E-state index in [1.165, 1.54) is 0 Å². The van der Waals surface area contributed by atoms with E-state index in [-0.39, 0.29) is 5.69 Å². The standard InChI is InChI=1S/C24H17N3O3/c28-22-23(30-24(29)20-14-16-10-4-6-12-18(16)25-20)27-21(15-8-2-1-3-9-15)17-11-5-7-13-19(17)26-22/h1-14,23,25H,(H,26,28)/t23-/m0/s1. The van der Waals surface area contributed by atoms with Crippen molar-refractivity contribution in [1.29, 1.82) is 0 Å². The average Bonchev–Trinajstić information content (AvgIpc) is 3.16. The summed E-state index contributed by atoms with van der Waals surface area (Å²) >= 11 is 0. The SMILES string of the molecule is O=C(O[C@@H]1N=C(c2ccccc2)c2ccccc2NC1=O)c1cc2ccccc2[nH]1. The number of H-pyrrole nitrogens is 1. The molecule has 0 unspecified atom stereocenters. The van der Waals surface area contributed by atoms with Crippen molar-refractivity contribution >= 4 is 34.2 Å². The molecule has 0 radical (unpaired) electrons. The second-order valence-corrected chi connectivity index (χ2v) is 6.91. The fraction of sp³-hybridized carbons (Fsp3) is 0.0417. The van der Waals surface area contributed by atoms with Crippen molar-refractivity contribution in [3.63, 3.8) is 0 Å². The van der Waals surface area contributed by atoms with E-state index >= 15 is 0 Å². The zero-order valence-corrected chi connectivity index (χ0v) is 15.8. The molecule has 3 aromatic carbocycles. The molecule has 0 fully saturated rings. The van der Waals surface area contributed by atoms with Gasteiger partial charge in [0.25, 0.3) is 12.1 Å². The van der Waals surface area contributed by atoms with Crippen LogP contribution in [0.25, 0.3) is 10.9 Å². The fourth-order valence-corrected chi connectivity index (χ4v) is 3.49. The van der Waals surface area contributed by atoms with E-state index in [1.807, 2.05) is 72.8 Å². The first-order valence-electron chi connectivity index (χ1n) is 9.51. The number of hydrogen-bond donors (Lipinski definition) is 2. The van der Waals surface area contributed by atoms with Crippen molar-refractivity contribution < 1.29 is 14.3 Å². The van der Waals surface area contributed by atoms with Crippen LogP contribution in [0.5, 0.6) is 0 Å². The molecular formula is C24H17N3O3.